The summed E-state index contributed by atoms with van der Waals surface area (Å²) in [6, 6.07) is 11.2. The van der Waals surface area contributed by atoms with Crippen LogP contribution in [0.4, 0.5) is 5.69 Å². The molecule has 1 aliphatic rings. The third-order valence-corrected chi connectivity index (χ3v) is 5.58. The third kappa shape index (κ3) is 5.45. The van der Waals surface area contributed by atoms with Crippen molar-refractivity contribution in [1.82, 2.24) is 5.32 Å². The quantitative estimate of drug-likeness (QED) is 0.409. The summed E-state index contributed by atoms with van der Waals surface area (Å²) < 4.78 is 17.5. The monoisotopic (exact) mass is 524 g/mol. The van der Waals surface area contributed by atoms with Crippen LogP contribution in [0.3, 0.4) is 0 Å². The second-order valence-electron chi connectivity index (χ2n) is 5.88. The van der Waals surface area contributed by atoms with Crippen LogP contribution in [-0.4, -0.2) is 31.4 Å². The number of nitrogens with one attached hydrogen (secondary N) is 1. The number of hydrogen-bond donors (Lipinski definition) is 1. The van der Waals surface area contributed by atoms with Crippen LogP contribution in [0.1, 0.15) is 19.4 Å². The highest BCUT2D eigenvalue weighted by Crippen LogP contribution is 2.36. The lowest BCUT2D eigenvalue weighted by Gasteiger charge is -2.13. The Morgan fingerprint density at radius 2 is 1.86 bits per heavy atom. The van der Waals surface area contributed by atoms with E-state index in [1.165, 1.54) is 11.8 Å². The molecule has 0 radical (unpaired) electrons. The Bertz CT molecular complexity index is 958. The van der Waals surface area contributed by atoms with E-state index in [0.717, 1.165) is 26.3 Å². The van der Waals surface area contributed by atoms with Gasteiger partial charge in [0.2, 0.25) is 0 Å². The van der Waals surface area contributed by atoms with Crippen LogP contribution in [-0.2, 0) is 4.79 Å². The number of carbonyl (C=O) groups is 1. The molecule has 1 saturated heterocycles. The fraction of sp³-hybridized carbons (Fsp3) is 0.238. The number of hydrogen-bond acceptors (Lipinski definition) is 6. The molecule has 1 heterocycles. The van der Waals surface area contributed by atoms with Crippen LogP contribution < -0.4 is 19.5 Å². The molecule has 0 bridgehead atoms. The van der Waals surface area contributed by atoms with E-state index in [1.807, 2.05) is 56.3 Å². The van der Waals surface area contributed by atoms with Crippen molar-refractivity contribution < 1.29 is 19.0 Å². The van der Waals surface area contributed by atoms with Gasteiger partial charge in [-0.2, -0.15) is 0 Å². The number of halogens is 1. The van der Waals surface area contributed by atoms with Crippen LogP contribution in [0, 0.1) is 3.57 Å². The molecule has 1 amide bonds. The van der Waals surface area contributed by atoms with Gasteiger partial charge >= 0.3 is 0 Å². The third-order valence-electron chi connectivity index (χ3n) is 3.87. The first-order chi connectivity index (χ1) is 14.0. The van der Waals surface area contributed by atoms with Crippen molar-refractivity contribution in [3.05, 3.63) is 50.4 Å². The average Bonchev–Trinajstić information content (AvgIpc) is 3.04. The minimum absolute atomic E-state index is 0.177. The molecule has 1 aliphatic heterocycles. The molecule has 1 fully saturated rings. The largest absolute Gasteiger partial charge is 0.497 e. The maximum Gasteiger partial charge on any atom is 0.264 e. The number of aliphatic imine (C=N–C) groups is 1. The first-order valence-corrected chi connectivity index (χ1v) is 11.0. The maximum atomic E-state index is 12.4. The predicted molar refractivity (Wildman–Crippen MR) is 125 cm³/mol. The topological polar surface area (TPSA) is 69.2 Å². The van der Waals surface area contributed by atoms with Gasteiger partial charge in [0.05, 0.1) is 34.5 Å². The van der Waals surface area contributed by atoms with E-state index in [2.05, 4.69) is 32.9 Å². The van der Waals surface area contributed by atoms with Gasteiger partial charge in [-0.3, -0.25) is 4.79 Å². The normalized spacial score (nSPS) is 16.2. The zero-order valence-electron chi connectivity index (χ0n) is 16.3. The maximum absolute atomic E-state index is 12.4. The Kier molecular flexibility index (Phi) is 7.43. The SMILES string of the molecule is CCOc1cc(/C=C2\SC(=Nc3ccc(OC)cc3)NC2=O)cc(I)c1OCC. The standard InChI is InChI=1S/C21H21IN2O4S/c1-4-27-17-11-13(10-16(22)19(17)28-5-2)12-18-20(25)24-21(29-18)23-14-6-8-15(26-3)9-7-14/h6-12H,4-5H2,1-3H3,(H,23,24,25)/b18-12-. The number of nitrogens with zero attached hydrogens (tertiary/aromatic N) is 1. The van der Waals surface area contributed by atoms with Crippen LogP contribution in [0.2, 0.25) is 0 Å². The molecule has 8 heteroatoms. The van der Waals surface area contributed by atoms with Crippen LogP contribution in [0.25, 0.3) is 6.08 Å². The summed E-state index contributed by atoms with van der Waals surface area (Å²) in [7, 11) is 1.62. The summed E-state index contributed by atoms with van der Waals surface area (Å²) in [4.78, 5) is 17.4. The van der Waals surface area contributed by atoms with Crippen molar-refractivity contribution in [2.45, 2.75) is 13.8 Å². The van der Waals surface area contributed by atoms with Crippen molar-refractivity contribution in [3.63, 3.8) is 0 Å². The molecule has 2 aromatic carbocycles. The molecule has 1 N–H and O–H groups in total. The summed E-state index contributed by atoms with van der Waals surface area (Å²) in [6.45, 7) is 4.95. The Morgan fingerprint density at radius 3 is 2.52 bits per heavy atom. The summed E-state index contributed by atoms with van der Waals surface area (Å²) in [5, 5.41) is 3.34. The molecule has 3 rings (SSSR count). The van der Waals surface area contributed by atoms with Crippen LogP contribution in [0.15, 0.2) is 46.3 Å². The van der Waals surface area contributed by atoms with Crippen molar-refractivity contribution in [3.8, 4) is 17.2 Å². The summed E-state index contributed by atoms with van der Waals surface area (Å²) >= 11 is 3.52. The molecular formula is C21H21IN2O4S. The lowest BCUT2D eigenvalue weighted by molar-refractivity contribution is -0.115. The number of amides is 1. The number of thioether (sulfide) groups is 1. The molecule has 0 spiro atoms. The highest BCUT2D eigenvalue weighted by atomic mass is 127. The summed E-state index contributed by atoms with van der Waals surface area (Å²) in [5.41, 5.74) is 1.61. The van der Waals surface area contributed by atoms with Gasteiger partial charge in [-0.25, -0.2) is 4.99 Å². The zero-order valence-corrected chi connectivity index (χ0v) is 19.3. The van der Waals surface area contributed by atoms with Crippen molar-refractivity contribution in [1.29, 1.82) is 0 Å². The molecule has 0 saturated carbocycles. The van der Waals surface area contributed by atoms with Gasteiger partial charge in [0.15, 0.2) is 16.7 Å². The Morgan fingerprint density at radius 1 is 1.14 bits per heavy atom. The van der Waals surface area contributed by atoms with E-state index < -0.39 is 0 Å². The zero-order chi connectivity index (χ0) is 20.8. The Labute approximate surface area is 187 Å². The van der Waals surface area contributed by atoms with Crippen LogP contribution >= 0.6 is 34.4 Å². The number of benzene rings is 2. The van der Waals surface area contributed by atoms with Gasteiger partial charge in [-0.15, -0.1) is 0 Å². The van der Waals surface area contributed by atoms with E-state index in [9.17, 15) is 4.79 Å². The first-order valence-electron chi connectivity index (χ1n) is 9.06. The summed E-state index contributed by atoms with van der Waals surface area (Å²) in [6.07, 6.45) is 1.83. The molecule has 0 atom stereocenters. The van der Waals surface area contributed by atoms with Gasteiger partial charge in [-0.05, 0) is 96.2 Å². The van der Waals surface area contributed by atoms with E-state index in [0.29, 0.717) is 29.0 Å². The molecule has 0 aromatic heterocycles. The second kappa shape index (κ2) is 10.0. The molecule has 6 nitrogen and oxygen atoms in total. The van der Waals surface area contributed by atoms with Gasteiger partial charge in [0, 0.05) is 0 Å². The highest BCUT2D eigenvalue weighted by molar-refractivity contribution is 14.1. The van der Waals surface area contributed by atoms with Crippen molar-refractivity contribution in [2.24, 2.45) is 4.99 Å². The molecule has 0 aliphatic carbocycles. The van der Waals surface area contributed by atoms with Crippen molar-refractivity contribution in [2.75, 3.05) is 20.3 Å². The lowest BCUT2D eigenvalue weighted by atomic mass is 10.2. The van der Waals surface area contributed by atoms with E-state index in [-0.39, 0.29) is 5.91 Å². The highest BCUT2D eigenvalue weighted by Gasteiger charge is 2.24. The number of amidine groups is 1. The fourth-order valence-corrected chi connectivity index (χ4v) is 4.25. The number of ether oxygens (including phenoxy) is 3. The summed E-state index contributed by atoms with van der Waals surface area (Å²) in [5.74, 6) is 1.97. The number of methoxy groups -OCH3 is 1. The first kappa shape index (κ1) is 21.5. The number of carbonyl (C=O) groups excluding carboxylic acids is 1. The fourth-order valence-electron chi connectivity index (χ4n) is 2.62. The van der Waals surface area contributed by atoms with Gasteiger partial charge in [0.1, 0.15) is 5.75 Å². The second-order valence-corrected chi connectivity index (χ2v) is 8.07. The predicted octanol–water partition coefficient (Wildman–Crippen LogP) is 4.99. The number of rotatable bonds is 7. The van der Waals surface area contributed by atoms with Gasteiger partial charge in [0.25, 0.3) is 5.91 Å². The molecule has 152 valence electrons. The molecular weight excluding hydrogens is 503 g/mol. The Hall–Kier alpha value is -2.20. The molecule has 0 unspecified atom stereocenters. The van der Waals surface area contributed by atoms with E-state index in [4.69, 9.17) is 14.2 Å². The van der Waals surface area contributed by atoms with Gasteiger partial charge < -0.3 is 19.5 Å². The van der Waals surface area contributed by atoms with Crippen LogP contribution in [0.5, 0.6) is 17.2 Å². The minimum atomic E-state index is -0.177. The smallest absolute Gasteiger partial charge is 0.264 e. The van der Waals surface area contributed by atoms with Gasteiger partial charge in [-0.1, -0.05) is 0 Å². The Balaban J connectivity index is 1.84. The lowest BCUT2D eigenvalue weighted by Crippen LogP contribution is -2.19. The molecule has 2 aromatic rings. The van der Waals surface area contributed by atoms with E-state index in [1.54, 1.807) is 7.11 Å². The average molecular weight is 524 g/mol. The van der Waals surface area contributed by atoms with E-state index >= 15 is 0 Å². The van der Waals surface area contributed by atoms with Crippen molar-refractivity contribution >= 4 is 57.2 Å². The molecule has 29 heavy (non-hydrogen) atoms. The minimum Gasteiger partial charge on any atom is -0.497 e.